The average molecular weight is 233 g/mol. The summed E-state index contributed by atoms with van der Waals surface area (Å²) in [5.41, 5.74) is 6.82. The molecule has 1 aromatic carbocycles. The van der Waals surface area contributed by atoms with Gasteiger partial charge in [0.2, 0.25) is 0 Å². The first-order valence-electron chi connectivity index (χ1n) is 6.80. The highest BCUT2D eigenvalue weighted by atomic mass is 16.5. The summed E-state index contributed by atoms with van der Waals surface area (Å²) in [6.45, 7) is 1.56. The van der Waals surface area contributed by atoms with E-state index in [0.29, 0.717) is 6.54 Å². The van der Waals surface area contributed by atoms with Crippen LogP contribution >= 0.6 is 0 Å². The molecule has 0 amide bonds. The SMILES string of the molecule is NCCc1cccc(OCCC2CCCC2)c1. The maximum Gasteiger partial charge on any atom is 0.119 e. The molecule has 2 N–H and O–H groups in total. The van der Waals surface area contributed by atoms with Crippen molar-refractivity contribution in [2.45, 2.75) is 38.5 Å². The van der Waals surface area contributed by atoms with Gasteiger partial charge in [0.15, 0.2) is 0 Å². The Balaban J connectivity index is 1.75. The molecule has 0 heterocycles. The third-order valence-electron chi connectivity index (χ3n) is 3.60. The smallest absolute Gasteiger partial charge is 0.119 e. The Morgan fingerprint density at radius 2 is 2.06 bits per heavy atom. The molecule has 2 nitrogen and oxygen atoms in total. The summed E-state index contributed by atoms with van der Waals surface area (Å²) in [7, 11) is 0. The van der Waals surface area contributed by atoms with Gasteiger partial charge in [0, 0.05) is 0 Å². The number of hydrogen-bond acceptors (Lipinski definition) is 2. The van der Waals surface area contributed by atoms with Crippen LogP contribution in [0.3, 0.4) is 0 Å². The quantitative estimate of drug-likeness (QED) is 0.819. The highest BCUT2D eigenvalue weighted by molar-refractivity contribution is 5.28. The number of benzene rings is 1. The lowest BCUT2D eigenvalue weighted by molar-refractivity contribution is 0.279. The fraction of sp³-hybridized carbons (Fsp3) is 0.600. The molecule has 94 valence electrons. The van der Waals surface area contributed by atoms with E-state index in [1.165, 1.54) is 37.7 Å². The van der Waals surface area contributed by atoms with Crippen LogP contribution in [0.2, 0.25) is 0 Å². The second-order valence-corrected chi connectivity index (χ2v) is 4.97. The Bertz CT molecular complexity index is 331. The van der Waals surface area contributed by atoms with Crippen LogP contribution in [0.15, 0.2) is 24.3 Å². The van der Waals surface area contributed by atoms with Crippen LogP contribution in [-0.2, 0) is 6.42 Å². The molecule has 0 radical (unpaired) electrons. The van der Waals surface area contributed by atoms with Crippen molar-refractivity contribution < 1.29 is 4.74 Å². The van der Waals surface area contributed by atoms with Crippen molar-refractivity contribution in [3.63, 3.8) is 0 Å². The van der Waals surface area contributed by atoms with E-state index in [-0.39, 0.29) is 0 Å². The van der Waals surface area contributed by atoms with E-state index in [0.717, 1.165) is 24.7 Å². The lowest BCUT2D eigenvalue weighted by atomic mass is 10.1. The molecule has 0 aliphatic heterocycles. The van der Waals surface area contributed by atoms with Gasteiger partial charge < -0.3 is 10.5 Å². The zero-order valence-corrected chi connectivity index (χ0v) is 10.5. The van der Waals surface area contributed by atoms with Gasteiger partial charge in [-0.05, 0) is 43.0 Å². The van der Waals surface area contributed by atoms with Gasteiger partial charge >= 0.3 is 0 Å². The van der Waals surface area contributed by atoms with Crippen LogP contribution in [-0.4, -0.2) is 13.2 Å². The highest BCUT2D eigenvalue weighted by Gasteiger charge is 2.14. The largest absolute Gasteiger partial charge is 0.494 e. The summed E-state index contributed by atoms with van der Waals surface area (Å²) in [6, 6.07) is 8.31. The maximum atomic E-state index is 5.81. The van der Waals surface area contributed by atoms with Crippen LogP contribution in [0.4, 0.5) is 0 Å². The first kappa shape index (κ1) is 12.4. The van der Waals surface area contributed by atoms with E-state index >= 15 is 0 Å². The molecule has 0 bridgehead atoms. The summed E-state index contributed by atoms with van der Waals surface area (Å²) in [5, 5.41) is 0. The zero-order valence-electron chi connectivity index (χ0n) is 10.5. The summed E-state index contributed by atoms with van der Waals surface area (Å²) in [4.78, 5) is 0. The predicted octanol–water partition coefficient (Wildman–Crippen LogP) is 3.15. The van der Waals surface area contributed by atoms with Crippen LogP contribution in [0.25, 0.3) is 0 Å². The van der Waals surface area contributed by atoms with Crippen molar-refractivity contribution in [3.05, 3.63) is 29.8 Å². The molecule has 2 rings (SSSR count). The molecule has 1 aliphatic carbocycles. The molecule has 0 unspecified atom stereocenters. The number of ether oxygens (including phenoxy) is 1. The third kappa shape index (κ3) is 4.04. The van der Waals surface area contributed by atoms with E-state index in [4.69, 9.17) is 10.5 Å². The normalized spacial score (nSPS) is 16.3. The topological polar surface area (TPSA) is 35.2 Å². The minimum Gasteiger partial charge on any atom is -0.494 e. The lowest BCUT2D eigenvalue weighted by Crippen LogP contribution is -2.05. The van der Waals surface area contributed by atoms with E-state index in [1.54, 1.807) is 0 Å². The Hall–Kier alpha value is -1.02. The molecule has 2 heteroatoms. The fourth-order valence-electron chi connectivity index (χ4n) is 2.60. The van der Waals surface area contributed by atoms with Gasteiger partial charge in [0.25, 0.3) is 0 Å². The van der Waals surface area contributed by atoms with Gasteiger partial charge in [-0.1, -0.05) is 37.8 Å². The Kier molecular flexibility index (Phi) is 4.87. The summed E-state index contributed by atoms with van der Waals surface area (Å²) in [5.74, 6) is 1.90. The summed E-state index contributed by atoms with van der Waals surface area (Å²) in [6.07, 6.45) is 7.77. The van der Waals surface area contributed by atoms with Gasteiger partial charge in [-0.15, -0.1) is 0 Å². The van der Waals surface area contributed by atoms with Gasteiger partial charge in [-0.25, -0.2) is 0 Å². The molecular weight excluding hydrogens is 210 g/mol. The van der Waals surface area contributed by atoms with Crippen LogP contribution in [0.1, 0.15) is 37.7 Å². The Morgan fingerprint density at radius 1 is 1.24 bits per heavy atom. The number of nitrogens with two attached hydrogens (primary N) is 1. The highest BCUT2D eigenvalue weighted by Crippen LogP contribution is 2.27. The molecule has 1 saturated carbocycles. The predicted molar refractivity (Wildman–Crippen MR) is 71.3 cm³/mol. The minimum atomic E-state index is 0.700. The second kappa shape index (κ2) is 6.65. The summed E-state index contributed by atoms with van der Waals surface area (Å²) < 4.78 is 5.81. The van der Waals surface area contributed by atoms with Crippen LogP contribution in [0, 0.1) is 5.92 Å². The average Bonchev–Trinajstić information content (AvgIpc) is 2.83. The van der Waals surface area contributed by atoms with Crippen molar-refractivity contribution in [2.75, 3.05) is 13.2 Å². The Labute approximate surface area is 104 Å². The van der Waals surface area contributed by atoms with Gasteiger partial charge in [-0.3, -0.25) is 0 Å². The molecule has 1 aromatic rings. The third-order valence-corrected chi connectivity index (χ3v) is 3.60. The maximum absolute atomic E-state index is 5.81. The van der Waals surface area contributed by atoms with Crippen molar-refractivity contribution in [3.8, 4) is 5.75 Å². The number of rotatable bonds is 6. The Morgan fingerprint density at radius 3 is 2.82 bits per heavy atom. The first-order valence-corrected chi connectivity index (χ1v) is 6.80. The van der Waals surface area contributed by atoms with Gasteiger partial charge in [-0.2, -0.15) is 0 Å². The van der Waals surface area contributed by atoms with E-state index in [9.17, 15) is 0 Å². The van der Waals surface area contributed by atoms with E-state index < -0.39 is 0 Å². The lowest BCUT2D eigenvalue weighted by Gasteiger charge is -2.11. The molecule has 1 aliphatic rings. The zero-order chi connectivity index (χ0) is 11.9. The fourth-order valence-corrected chi connectivity index (χ4v) is 2.60. The van der Waals surface area contributed by atoms with Gasteiger partial charge in [0.05, 0.1) is 6.61 Å². The summed E-state index contributed by atoms with van der Waals surface area (Å²) >= 11 is 0. The van der Waals surface area contributed by atoms with E-state index in [1.807, 2.05) is 6.07 Å². The molecule has 0 atom stereocenters. The first-order chi connectivity index (χ1) is 8.38. The molecule has 17 heavy (non-hydrogen) atoms. The molecule has 1 fully saturated rings. The minimum absolute atomic E-state index is 0.700. The van der Waals surface area contributed by atoms with Crippen molar-refractivity contribution in [1.29, 1.82) is 0 Å². The van der Waals surface area contributed by atoms with E-state index in [2.05, 4.69) is 18.2 Å². The monoisotopic (exact) mass is 233 g/mol. The molecule has 0 saturated heterocycles. The van der Waals surface area contributed by atoms with Crippen molar-refractivity contribution in [1.82, 2.24) is 0 Å². The second-order valence-electron chi connectivity index (χ2n) is 4.97. The molecular formula is C15H23NO. The van der Waals surface area contributed by atoms with Crippen molar-refractivity contribution >= 4 is 0 Å². The standard InChI is InChI=1S/C15H23NO/c16-10-8-14-6-3-7-15(12-14)17-11-9-13-4-1-2-5-13/h3,6-7,12-13H,1-2,4-5,8-11,16H2. The molecule has 0 spiro atoms. The van der Waals surface area contributed by atoms with Crippen LogP contribution < -0.4 is 10.5 Å². The number of hydrogen-bond donors (Lipinski definition) is 1. The molecule has 0 aromatic heterocycles. The van der Waals surface area contributed by atoms with Crippen molar-refractivity contribution in [2.24, 2.45) is 11.7 Å². The van der Waals surface area contributed by atoms with Gasteiger partial charge in [0.1, 0.15) is 5.75 Å². The van der Waals surface area contributed by atoms with Crippen LogP contribution in [0.5, 0.6) is 5.75 Å².